The Morgan fingerprint density at radius 2 is 1.67 bits per heavy atom. The van der Waals surface area contributed by atoms with Crippen molar-refractivity contribution in [2.45, 2.75) is 20.0 Å². The van der Waals surface area contributed by atoms with E-state index in [1.54, 1.807) is 7.11 Å². The summed E-state index contributed by atoms with van der Waals surface area (Å²) in [5.74, 6) is 0.843. The average Bonchev–Trinajstić information content (AvgIpc) is 2.83. The molecular weight excluding hydrogens is 262 g/mol. The SMILES string of the molecule is COc1ccc(C2=NOC(c3ccccc3)C2(C)C)cc1. The first-order valence-electron chi connectivity index (χ1n) is 7.06. The number of nitrogens with zero attached hydrogens (tertiary/aromatic N) is 1. The van der Waals surface area contributed by atoms with Gasteiger partial charge in [-0.3, -0.25) is 0 Å². The van der Waals surface area contributed by atoms with Crippen LogP contribution in [-0.2, 0) is 4.84 Å². The lowest BCUT2D eigenvalue weighted by molar-refractivity contribution is 0.0356. The molecule has 1 atom stereocenters. The minimum atomic E-state index is -0.185. The molecule has 1 aliphatic heterocycles. The Hall–Kier alpha value is -2.29. The fourth-order valence-corrected chi connectivity index (χ4v) is 2.76. The van der Waals surface area contributed by atoms with E-state index in [1.807, 2.05) is 42.5 Å². The lowest BCUT2D eigenvalue weighted by Gasteiger charge is -2.26. The van der Waals surface area contributed by atoms with Gasteiger partial charge < -0.3 is 9.57 Å². The van der Waals surface area contributed by atoms with Crippen LogP contribution < -0.4 is 4.74 Å². The molecule has 108 valence electrons. The van der Waals surface area contributed by atoms with E-state index in [0.29, 0.717) is 0 Å². The lowest BCUT2D eigenvalue weighted by atomic mass is 9.77. The molecule has 1 heterocycles. The van der Waals surface area contributed by atoms with Crippen LogP contribution in [-0.4, -0.2) is 12.8 Å². The van der Waals surface area contributed by atoms with Crippen molar-refractivity contribution in [3.63, 3.8) is 0 Å². The molecule has 0 fully saturated rings. The largest absolute Gasteiger partial charge is 0.497 e. The molecule has 0 saturated heterocycles. The Morgan fingerprint density at radius 3 is 2.29 bits per heavy atom. The molecule has 0 aromatic heterocycles. The van der Waals surface area contributed by atoms with Gasteiger partial charge >= 0.3 is 0 Å². The molecule has 1 unspecified atom stereocenters. The molecule has 0 aliphatic carbocycles. The fourth-order valence-electron chi connectivity index (χ4n) is 2.76. The maximum Gasteiger partial charge on any atom is 0.163 e. The number of hydrogen-bond acceptors (Lipinski definition) is 3. The first-order chi connectivity index (χ1) is 10.1. The summed E-state index contributed by atoms with van der Waals surface area (Å²) in [5.41, 5.74) is 3.00. The van der Waals surface area contributed by atoms with E-state index in [9.17, 15) is 0 Å². The molecule has 0 radical (unpaired) electrons. The highest BCUT2D eigenvalue weighted by molar-refractivity contribution is 6.05. The van der Waals surface area contributed by atoms with Gasteiger partial charge in [0.05, 0.1) is 18.2 Å². The molecule has 0 saturated carbocycles. The van der Waals surface area contributed by atoms with E-state index in [4.69, 9.17) is 9.57 Å². The van der Waals surface area contributed by atoms with Gasteiger partial charge in [0.2, 0.25) is 0 Å². The van der Waals surface area contributed by atoms with Crippen LogP contribution in [0.2, 0.25) is 0 Å². The number of methoxy groups -OCH3 is 1. The predicted molar refractivity (Wildman–Crippen MR) is 83.6 cm³/mol. The third-order valence-corrected chi connectivity index (χ3v) is 3.98. The van der Waals surface area contributed by atoms with Gasteiger partial charge in [0.25, 0.3) is 0 Å². The second kappa shape index (κ2) is 5.24. The Morgan fingerprint density at radius 1 is 1.00 bits per heavy atom. The fraction of sp³-hybridized carbons (Fsp3) is 0.278. The summed E-state index contributed by atoms with van der Waals surface area (Å²) in [4.78, 5) is 5.73. The zero-order valence-corrected chi connectivity index (χ0v) is 12.5. The smallest absolute Gasteiger partial charge is 0.163 e. The van der Waals surface area contributed by atoms with Crippen LogP contribution >= 0.6 is 0 Å². The Balaban J connectivity index is 1.91. The van der Waals surface area contributed by atoms with Gasteiger partial charge in [-0.1, -0.05) is 49.3 Å². The van der Waals surface area contributed by atoms with E-state index in [1.165, 1.54) is 0 Å². The van der Waals surface area contributed by atoms with Crippen LogP contribution in [0.4, 0.5) is 0 Å². The minimum absolute atomic E-state index is 0.0594. The number of benzene rings is 2. The molecule has 3 heteroatoms. The summed E-state index contributed by atoms with van der Waals surface area (Å²) < 4.78 is 5.20. The van der Waals surface area contributed by atoms with Crippen molar-refractivity contribution in [2.24, 2.45) is 10.6 Å². The molecule has 0 bridgehead atoms. The summed E-state index contributed by atoms with van der Waals surface area (Å²) in [7, 11) is 1.67. The molecule has 0 spiro atoms. The van der Waals surface area contributed by atoms with E-state index < -0.39 is 0 Å². The zero-order valence-electron chi connectivity index (χ0n) is 12.5. The van der Waals surface area contributed by atoms with Gasteiger partial charge in [0, 0.05) is 5.56 Å². The molecule has 2 aromatic carbocycles. The van der Waals surface area contributed by atoms with Crippen molar-refractivity contribution in [2.75, 3.05) is 7.11 Å². The van der Waals surface area contributed by atoms with E-state index in [-0.39, 0.29) is 11.5 Å². The van der Waals surface area contributed by atoms with Crippen molar-refractivity contribution in [3.05, 3.63) is 65.7 Å². The molecule has 0 N–H and O–H groups in total. The number of hydrogen-bond donors (Lipinski definition) is 0. The topological polar surface area (TPSA) is 30.8 Å². The molecule has 1 aliphatic rings. The Kier molecular flexibility index (Phi) is 3.42. The number of rotatable bonds is 3. The van der Waals surface area contributed by atoms with Crippen molar-refractivity contribution in [1.29, 1.82) is 0 Å². The highest BCUT2D eigenvalue weighted by Crippen LogP contribution is 2.44. The molecule has 3 nitrogen and oxygen atoms in total. The molecule has 2 aromatic rings. The highest BCUT2D eigenvalue weighted by Gasteiger charge is 2.43. The van der Waals surface area contributed by atoms with Gasteiger partial charge in [-0.15, -0.1) is 0 Å². The lowest BCUT2D eigenvalue weighted by Crippen LogP contribution is -2.27. The first-order valence-corrected chi connectivity index (χ1v) is 7.06. The zero-order chi connectivity index (χ0) is 14.9. The van der Waals surface area contributed by atoms with Crippen LogP contribution in [0.15, 0.2) is 59.8 Å². The van der Waals surface area contributed by atoms with Crippen molar-refractivity contribution < 1.29 is 9.57 Å². The van der Waals surface area contributed by atoms with Gasteiger partial charge in [-0.25, -0.2) is 0 Å². The van der Waals surface area contributed by atoms with Crippen LogP contribution in [0, 0.1) is 5.41 Å². The highest BCUT2D eigenvalue weighted by atomic mass is 16.6. The standard InChI is InChI=1S/C18H19NO2/c1-18(2)16(13-9-11-15(20-3)12-10-13)19-21-17(18)14-7-5-4-6-8-14/h4-12,17H,1-3H3. The summed E-state index contributed by atoms with van der Waals surface area (Å²) >= 11 is 0. The summed E-state index contributed by atoms with van der Waals surface area (Å²) in [6, 6.07) is 18.2. The van der Waals surface area contributed by atoms with Gasteiger partial charge in [0.1, 0.15) is 5.75 Å². The minimum Gasteiger partial charge on any atom is -0.497 e. The molecule has 21 heavy (non-hydrogen) atoms. The van der Waals surface area contributed by atoms with E-state index >= 15 is 0 Å². The maximum absolute atomic E-state index is 5.73. The van der Waals surface area contributed by atoms with E-state index in [2.05, 4.69) is 31.1 Å². The van der Waals surface area contributed by atoms with Crippen molar-refractivity contribution >= 4 is 5.71 Å². The third-order valence-electron chi connectivity index (χ3n) is 3.98. The van der Waals surface area contributed by atoms with Crippen molar-refractivity contribution in [3.8, 4) is 5.75 Å². The van der Waals surface area contributed by atoms with Crippen LogP contribution in [0.3, 0.4) is 0 Å². The number of ether oxygens (including phenoxy) is 1. The van der Waals surface area contributed by atoms with Gasteiger partial charge in [-0.05, 0) is 29.8 Å². The van der Waals surface area contributed by atoms with Gasteiger partial charge in [-0.2, -0.15) is 0 Å². The van der Waals surface area contributed by atoms with Crippen LogP contribution in [0.5, 0.6) is 5.75 Å². The normalized spacial score (nSPS) is 19.8. The van der Waals surface area contributed by atoms with Crippen LogP contribution in [0.1, 0.15) is 31.1 Å². The molecule has 3 rings (SSSR count). The van der Waals surface area contributed by atoms with Gasteiger partial charge in [0.15, 0.2) is 6.10 Å². The monoisotopic (exact) mass is 281 g/mol. The quantitative estimate of drug-likeness (QED) is 0.844. The average molecular weight is 281 g/mol. The first kappa shape index (κ1) is 13.7. The van der Waals surface area contributed by atoms with Crippen LogP contribution in [0.25, 0.3) is 0 Å². The van der Waals surface area contributed by atoms with Crippen molar-refractivity contribution in [1.82, 2.24) is 0 Å². The molecule has 0 amide bonds. The summed E-state index contributed by atoms with van der Waals surface area (Å²) in [6.45, 7) is 4.33. The summed E-state index contributed by atoms with van der Waals surface area (Å²) in [6.07, 6.45) is -0.0594. The maximum atomic E-state index is 5.73. The predicted octanol–water partition coefficient (Wildman–Crippen LogP) is 4.20. The third kappa shape index (κ3) is 2.40. The second-order valence-corrected chi connectivity index (χ2v) is 5.79. The van der Waals surface area contributed by atoms with E-state index in [0.717, 1.165) is 22.6 Å². The summed E-state index contributed by atoms with van der Waals surface area (Å²) in [5, 5.41) is 4.35. The Labute approximate surface area is 125 Å². The Bertz CT molecular complexity index is 645. The second-order valence-electron chi connectivity index (χ2n) is 5.79. The number of oxime groups is 1. The molecular formula is C18H19NO2.